The van der Waals surface area contributed by atoms with Crippen LogP contribution >= 0.6 is 22.7 Å². The molecular formula is C21H17N7O3S2. The maximum atomic E-state index is 13.2. The number of nitriles is 1. The Labute approximate surface area is 195 Å². The minimum atomic E-state index is -0.589. The molecule has 3 aromatic heterocycles. The number of amides is 1. The zero-order valence-corrected chi connectivity index (χ0v) is 18.8. The quantitative estimate of drug-likeness (QED) is 0.263. The molecule has 3 heterocycles. The molecule has 4 rings (SSSR count). The van der Waals surface area contributed by atoms with Crippen LogP contribution in [0.2, 0.25) is 0 Å². The van der Waals surface area contributed by atoms with E-state index in [2.05, 4.69) is 15.7 Å². The minimum absolute atomic E-state index is 0.0534. The SMILES string of the molecule is CC(=O)c1sc(Nc2ccccc2)c(C(=O)Nc2scc(-n3[nH]c(=O)cc3N)c2C#N)c1N. The molecule has 33 heavy (non-hydrogen) atoms. The van der Waals surface area contributed by atoms with Gasteiger partial charge in [0.2, 0.25) is 0 Å². The number of para-hydroxylation sites is 1. The Morgan fingerprint density at radius 1 is 1.18 bits per heavy atom. The lowest BCUT2D eigenvalue weighted by atomic mass is 10.2. The molecule has 0 unspecified atom stereocenters. The molecule has 0 atom stereocenters. The molecule has 0 saturated heterocycles. The van der Waals surface area contributed by atoms with E-state index in [0.29, 0.717) is 16.4 Å². The second-order valence-electron chi connectivity index (χ2n) is 6.87. The van der Waals surface area contributed by atoms with Gasteiger partial charge < -0.3 is 22.1 Å². The van der Waals surface area contributed by atoms with E-state index in [1.807, 2.05) is 36.4 Å². The van der Waals surface area contributed by atoms with E-state index >= 15 is 0 Å². The molecule has 4 aromatic rings. The number of hydrogen-bond acceptors (Lipinski definition) is 9. The third kappa shape index (κ3) is 4.10. The Morgan fingerprint density at radius 2 is 1.91 bits per heavy atom. The molecule has 0 spiro atoms. The summed E-state index contributed by atoms with van der Waals surface area (Å²) in [5.74, 6) is -0.737. The highest BCUT2D eigenvalue weighted by Crippen LogP contribution is 2.39. The van der Waals surface area contributed by atoms with Gasteiger partial charge in [-0.3, -0.25) is 19.5 Å². The molecule has 0 fully saturated rings. The Balaban J connectivity index is 1.72. The van der Waals surface area contributed by atoms with Crippen molar-refractivity contribution in [3.05, 3.63) is 68.1 Å². The van der Waals surface area contributed by atoms with E-state index in [9.17, 15) is 19.6 Å². The van der Waals surface area contributed by atoms with Crippen molar-refractivity contribution in [2.75, 3.05) is 22.1 Å². The zero-order valence-electron chi connectivity index (χ0n) is 17.1. The van der Waals surface area contributed by atoms with Crippen molar-refractivity contribution in [2.24, 2.45) is 0 Å². The molecule has 1 amide bonds. The maximum Gasteiger partial charge on any atom is 0.266 e. The van der Waals surface area contributed by atoms with Crippen molar-refractivity contribution in [1.82, 2.24) is 9.78 Å². The van der Waals surface area contributed by atoms with Crippen LogP contribution in [0.5, 0.6) is 0 Å². The number of aromatic nitrogens is 2. The third-order valence-electron chi connectivity index (χ3n) is 4.63. The number of rotatable bonds is 6. The number of H-pyrrole nitrogens is 1. The fourth-order valence-corrected chi connectivity index (χ4v) is 5.06. The highest BCUT2D eigenvalue weighted by Gasteiger charge is 2.26. The number of carbonyl (C=O) groups excluding carboxylic acids is 2. The fourth-order valence-electron chi connectivity index (χ4n) is 3.16. The van der Waals surface area contributed by atoms with E-state index < -0.39 is 11.5 Å². The fraction of sp³-hybridized carbons (Fsp3) is 0.0476. The van der Waals surface area contributed by atoms with Gasteiger partial charge in [0.05, 0.1) is 21.8 Å². The summed E-state index contributed by atoms with van der Waals surface area (Å²) in [4.78, 5) is 37.1. The van der Waals surface area contributed by atoms with Crippen molar-refractivity contribution in [3.8, 4) is 11.8 Å². The molecule has 0 aliphatic heterocycles. The highest BCUT2D eigenvalue weighted by molar-refractivity contribution is 7.19. The summed E-state index contributed by atoms with van der Waals surface area (Å²) in [5, 5.41) is 20.3. The van der Waals surface area contributed by atoms with E-state index in [1.165, 1.54) is 17.7 Å². The van der Waals surface area contributed by atoms with E-state index in [-0.39, 0.29) is 38.3 Å². The average Bonchev–Trinajstić information content (AvgIpc) is 3.43. The van der Waals surface area contributed by atoms with Gasteiger partial charge in [0, 0.05) is 24.1 Å². The molecule has 7 N–H and O–H groups in total. The van der Waals surface area contributed by atoms with Crippen LogP contribution in [-0.4, -0.2) is 21.5 Å². The molecule has 12 heteroatoms. The average molecular weight is 480 g/mol. The number of thiophene rings is 2. The Kier molecular flexibility index (Phi) is 5.74. The number of aromatic amines is 1. The molecule has 0 bridgehead atoms. The van der Waals surface area contributed by atoms with Crippen LogP contribution in [0.4, 0.5) is 27.2 Å². The normalized spacial score (nSPS) is 10.5. The summed E-state index contributed by atoms with van der Waals surface area (Å²) < 4.78 is 1.27. The van der Waals surface area contributed by atoms with Crippen molar-refractivity contribution in [1.29, 1.82) is 5.26 Å². The Bertz CT molecular complexity index is 1470. The molecule has 0 radical (unpaired) electrons. The first-order chi connectivity index (χ1) is 15.8. The summed E-state index contributed by atoms with van der Waals surface area (Å²) in [6.45, 7) is 1.37. The number of nitrogens with zero attached hydrogens (tertiary/aromatic N) is 2. The molecule has 166 valence electrons. The molecule has 10 nitrogen and oxygen atoms in total. The summed E-state index contributed by atoms with van der Waals surface area (Å²) in [6, 6.07) is 12.3. The van der Waals surface area contributed by atoms with Crippen molar-refractivity contribution < 1.29 is 9.59 Å². The predicted octanol–water partition coefficient (Wildman–Crippen LogP) is 3.52. The van der Waals surface area contributed by atoms with Crippen LogP contribution in [-0.2, 0) is 0 Å². The molecular weight excluding hydrogens is 462 g/mol. The van der Waals surface area contributed by atoms with Gasteiger partial charge in [-0.05, 0) is 12.1 Å². The van der Waals surface area contributed by atoms with Crippen LogP contribution in [0.3, 0.4) is 0 Å². The number of carbonyl (C=O) groups is 2. The summed E-state index contributed by atoms with van der Waals surface area (Å²) in [7, 11) is 0. The van der Waals surface area contributed by atoms with Crippen molar-refractivity contribution >= 4 is 61.6 Å². The molecule has 0 saturated carbocycles. The van der Waals surface area contributed by atoms with Crippen molar-refractivity contribution in [3.63, 3.8) is 0 Å². The Morgan fingerprint density at radius 3 is 2.52 bits per heavy atom. The van der Waals surface area contributed by atoms with E-state index in [0.717, 1.165) is 22.7 Å². The van der Waals surface area contributed by atoms with Gasteiger partial charge in [-0.2, -0.15) is 5.26 Å². The maximum absolute atomic E-state index is 13.2. The molecule has 1 aromatic carbocycles. The first-order valence-corrected chi connectivity index (χ1v) is 11.2. The zero-order chi connectivity index (χ0) is 23.7. The molecule has 0 aliphatic carbocycles. The predicted molar refractivity (Wildman–Crippen MR) is 130 cm³/mol. The van der Waals surface area contributed by atoms with Gasteiger partial charge >= 0.3 is 0 Å². The number of hydrogen-bond donors (Lipinski definition) is 5. The smallest absolute Gasteiger partial charge is 0.266 e. The topological polar surface area (TPSA) is 172 Å². The van der Waals surface area contributed by atoms with Crippen LogP contribution in [0, 0.1) is 11.3 Å². The summed E-state index contributed by atoms with van der Waals surface area (Å²) in [6.07, 6.45) is 0. The number of nitrogen functional groups attached to an aromatic ring is 2. The minimum Gasteiger partial charge on any atom is -0.397 e. The number of nitrogens with two attached hydrogens (primary N) is 2. The lowest BCUT2D eigenvalue weighted by Gasteiger charge is -2.09. The van der Waals surface area contributed by atoms with Crippen LogP contribution in [0.15, 0.2) is 46.6 Å². The first-order valence-electron chi connectivity index (χ1n) is 9.46. The number of nitrogens with one attached hydrogen (secondary N) is 3. The largest absolute Gasteiger partial charge is 0.397 e. The van der Waals surface area contributed by atoms with Crippen LogP contribution in [0.25, 0.3) is 5.69 Å². The number of anilines is 5. The van der Waals surface area contributed by atoms with Gasteiger partial charge in [0.25, 0.3) is 11.5 Å². The first kappa shape index (κ1) is 21.9. The number of ketones is 1. The summed E-state index contributed by atoms with van der Waals surface area (Å²) >= 11 is 2.16. The van der Waals surface area contributed by atoms with Gasteiger partial charge in [-0.1, -0.05) is 18.2 Å². The lowest BCUT2D eigenvalue weighted by molar-refractivity contribution is 0.102. The monoisotopic (exact) mass is 479 g/mol. The van der Waals surface area contributed by atoms with E-state index in [4.69, 9.17) is 11.5 Å². The standard InChI is InChI=1S/C21H17N7O3S2/c1-10(29)18-17(24)16(21(33-18)25-11-5-3-2-4-6-11)19(31)26-20-12(8-22)13(9-32-20)28-14(23)7-15(30)27-28/h2-7,9,25H,23-24H2,1H3,(H,26,31)(H,27,30). The van der Waals surface area contributed by atoms with Gasteiger partial charge in [-0.25, -0.2) is 4.68 Å². The van der Waals surface area contributed by atoms with Gasteiger partial charge in [0.15, 0.2) is 5.78 Å². The summed E-state index contributed by atoms with van der Waals surface area (Å²) in [5.41, 5.74) is 12.9. The van der Waals surface area contributed by atoms with E-state index in [1.54, 1.807) is 5.38 Å². The number of Topliss-reactive ketones (excluding diaryl/α,β-unsaturated/α-hetero) is 1. The number of benzene rings is 1. The lowest BCUT2D eigenvalue weighted by Crippen LogP contribution is -2.15. The van der Waals surface area contributed by atoms with Gasteiger partial charge in [0.1, 0.15) is 27.5 Å². The second kappa shape index (κ2) is 8.65. The third-order valence-corrected chi connectivity index (χ3v) is 6.74. The highest BCUT2D eigenvalue weighted by atomic mass is 32.1. The van der Waals surface area contributed by atoms with Crippen molar-refractivity contribution in [2.45, 2.75) is 6.92 Å². The Hall–Kier alpha value is -4.34. The second-order valence-corrected chi connectivity index (χ2v) is 8.77. The molecule has 0 aliphatic rings. The van der Waals surface area contributed by atoms with Crippen LogP contribution in [0.1, 0.15) is 32.5 Å². The van der Waals surface area contributed by atoms with Gasteiger partial charge in [-0.15, -0.1) is 22.7 Å². The van der Waals surface area contributed by atoms with Crippen LogP contribution < -0.4 is 27.7 Å².